The van der Waals surface area contributed by atoms with E-state index in [0.29, 0.717) is 0 Å². The van der Waals surface area contributed by atoms with Gasteiger partial charge in [0, 0.05) is 39.4 Å². The molecular formula is C64H46N2. The summed E-state index contributed by atoms with van der Waals surface area (Å²) in [6.45, 7) is 4.74. The Morgan fingerprint density at radius 2 is 0.652 bits per heavy atom. The maximum absolute atomic E-state index is 2.50. The van der Waals surface area contributed by atoms with Gasteiger partial charge < -0.3 is 9.80 Å². The fraction of sp³-hybridized carbons (Fsp3) is 0.0625. The van der Waals surface area contributed by atoms with Gasteiger partial charge in [0.25, 0.3) is 0 Å². The molecule has 0 aliphatic heterocycles. The average molecular weight is 843 g/mol. The number of anilines is 6. The number of hydrogen-bond donors (Lipinski definition) is 0. The van der Waals surface area contributed by atoms with Gasteiger partial charge in [-0.2, -0.15) is 0 Å². The number of nitrogens with zero attached hydrogens (tertiary/aromatic N) is 2. The molecule has 0 heterocycles. The highest BCUT2D eigenvalue weighted by Gasteiger charge is 2.52. The molecule has 1 spiro atoms. The Bertz CT molecular complexity index is 3480. The highest BCUT2D eigenvalue weighted by molar-refractivity contribution is 5.99. The molecule has 10 aromatic rings. The third-order valence-corrected chi connectivity index (χ3v) is 14.7. The molecule has 0 fully saturated rings. The Hall–Kier alpha value is -8.20. The van der Waals surface area contributed by atoms with Crippen molar-refractivity contribution in [2.75, 3.05) is 9.80 Å². The molecule has 1 unspecified atom stereocenters. The number of rotatable bonds is 7. The lowest BCUT2D eigenvalue weighted by molar-refractivity contribution is 0.660. The maximum Gasteiger partial charge on any atom is 0.0725 e. The van der Waals surface area contributed by atoms with Gasteiger partial charge in [-0.3, -0.25) is 0 Å². The highest BCUT2D eigenvalue weighted by atomic mass is 15.1. The quantitative estimate of drug-likeness (QED) is 0.158. The van der Waals surface area contributed by atoms with E-state index in [9.17, 15) is 0 Å². The molecule has 0 radical (unpaired) electrons. The van der Waals surface area contributed by atoms with E-state index >= 15 is 0 Å². The molecule has 1 atom stereocenters. The van der Waals surface area contributed by atoms with Gasteiger partial charge in [-0.15, -0.1) is 0 Å². The van der Waals surface area contributed by atoms with E-state index in [0.717, 1.165) is 34.1 Å². The van der Waals surface area contributed by atoms with Gasteiger partial charge in [0.2, 0.25) is 0 Å². The normalized spacial score (nSPS) is 15.3. The van der Waals surface area contributed by atoms with Crippen LogP contribution in [0.15, 0.2) is 243 Å². The van der Waals surface area contributed by atoms with E-state index in [4.69, 9.17) is 0 Å². The van der Waals surface area contributed by atoms with Gasteiger partial charge in [0.1, 0.15) is 0 Å². The van der Waals surface area contributed by atoms with Crippen LogP contribution in [0.3, 0.4) is 0 Å². The number of benzene rings is 10. The van der Waals surface area contributed by atoms with E-state index < -0.39 is 5.41 Å². The summed E-state index contributed by atoms with van der Waals surface area (Å²) in [7, 11) is 0. The molecular weight excluding hydrogens is 797 g/mol. The summed E-state index contributed by atoms with van der Waals surface area (Å²) in [5, 5.41) is 0. The minimum atomic E-state index is -0.491. The standard InChI is InChI=1S/C64H46N2/c1-63(2)56-30-16-12-27-50(56)53-37-34-48(42-61(53)63)66(62-33-19-15-26-49(62)43-20-6-3-7-21-43)47-36-39-60-55(41-47)52-29-14-18-32-58(52)64(60)57-31-17-13-28-51(57)54-40-46(35-38-59(54)64)65(44-22-8-4-9-23-44)45-24-10-5-11-25-45/h3-42H,1-2H3. The third kappa shape index (κ3) is 5.48. The third-order valence-electron chi connectivity index (χ3n) is 14.7. The molecule has 66 heavy (non-hydrogen) atoms. The zero-order valence-electron chi connectivity index (χ0n) is 37.0. The monoisotopic (exact) mass is 842 g/mol. The van der Waals surface area contributed by atoms with Crippen molar-refractivity contribution in [3.05, 3.63) is 276 Å². The van der Waals surface area contributed by atoms with Crippen molar-refractivity contribution >= 4 is 34.1 Å². The second-order valence-electron chi connectivity index (χ2n) is 18.4. The molecule has 312 valence electrons. The predicted molar refractivity (Wildman–Crippen MR) is 275 cm³/mol. The molecule has 13 rings (SSSR count). The summed E-state index contributed by atoms with van der Waals surface area (Å²) in [6.07, 6.45) is 0. The van der Waals surface area contributed by atoms with E-state index in [1.165, 1.54) is 77.9 Å². The fourth-order valence-electron chi connectivity index (χ4n) is 11.8. The van der Waals surface area contributed by atoms with Crippen LogP contribution in [0.4, 0.5) is 34.1 Å². The van der Waals surface area contributed by atoms with Crippen molar-refractivity contribution in [3.63, 3.8) is 0 Å². The summed E-state index contributed by atoms with van der Waals surface area (Å²) in [5.41, 5.74) is 24.3. The van der Waals surface area contributed by atoms with Crippen molar-refractivity contribution in [2.24, 2.45) is 0 Å². The minimum absolute atomic E-state index is 0.141. The van der Waals surface area contributed by atoms with Crippen LogP contribution in [0, 0.1) is 0 Å². The lowest BCUT2D eigenvalue weighted by atomic mass is 9.70. The van der Waals surface area contributed by atoms with Crippen molar-refractivity contribution in [1.29, 1.82) is 0 Å². The minimum Gasteiger partial charge on any atom is -0.310 e. The van der Waals surface area contributed by atoms with Crippen LogP contribution in [0.2, 0.25) is 0 Å². The highest BCUT2D eigenvalue weighted by Crippen LogP contribution is 2.64. The summed E-state index contributed by atoms with van der Waals surface area (Å²) >= 11 is 0. The van der Waals surface area contributed by atoms with Crippen molar-refractivity contribution in [3.8, 4) is 44.5 Å². The zero-order valence-corrected chi connectivity index (χ0v) is 37.0. The van der Waals surface area contributed by atoms with Crippen LogP contribution in [0.25, 0.3) is 44.5 Å². The molecule has 2 heteroatoms. The molecule has 0 saturated heterocycles. The van der Waals surface area contributed by atoms with Crippen molar-refractivity contribution in [1.82, 2.24) is 0 Å². The Balaban J connectivity index is 1.02. The molecule has 0 saturated carbocycles. The van der Waals surface area contributed by atoms with Crippen LogP contribution >= 0.6 is 0 Å². The van der Waals surface area contributed by atoms with Gasteiger partial charge in [-0.1, -0.05) is 190 Å². The summed E-state index contributed by atoms with van der Waals surface area (Å²) in [6, 6.07) is 89.9. The second-order valence-corrected chi connectivity index (χ2v) is 18.4. The van der Waals surface area contributed by atoms with E-state index in [1.807, 2.05) is 0 Å². The lowest BCUT2D eigenvalue weighted by Gasteiger charge is -2.32. The molecule has 3 aliphatic rings. The molecule has 10 aromatic carbocycles. The predicted octanol–water partition coefficient (Wildman–Crippen LogP) is 16.9. The first-order valence-corrected chi connectivity index (χ1v) is 23.1. The Morgan fingerprint density at radius 1 is 0.258 bits per heavy atom. The molecule has 2 nitrogen and oxygen atoms in total. The average Bonchev–Trinajstić information content (AvgIpc) is 3.93. The zero-order chi connectivity index (χ0) is 44.0. The van der Waals surface area contributed by atoms with Gasteiger partial charge in [0.15, 0.2) is 0 Å². The van der Waals surface area contributed by atoms with Crippen LogP contribution < -0.4 is 9.80 Å². The Labute approximate surface area is 387 Å². The van der Waals surface area contributed by atoms with Crippen LogP contribution in [0.5, 0.6) is 0 Å². The van der Waals surface area contributed by atoms with Gasteiger partial charge in [-0.25, -0.2) is 0 Å². The number of hydrogen-bond acceptors (Lipinski definition) is 2. The first-order valence-electron chi connectivity index (χ1n) is 23.1. The molecule has 0 aromatic heterocycles. The second kappa shape index (κ2) is 14.7. The van der Waals surface area contributed by atoms with Gasteiger partial charge in [-0.05, 0) is 139 Å². The van der Waals surface area contributed by atoms with Crippen molar-refractivity contribution in [2.45, 2.75) is 24.7 Å². The maximum atomic E-state index is 2.50. The lowest BCUT2D eigenvalue weighted by Crippen LogP contribution is -2.26. The fourth-order valence-corrected chi connectivity index (χ4v) is 11.8. The first-order chi connectivity index (χ1) is 32.5. The molecule has 0 bridgehead atoms. The van der Waals surface area contributed by atoms with Crippen LogP contribution in [-0.4, -0.2) is 0 Å². The van der Waals surface area contributed by atoms with Gasteiger partial charge >= 0.3 is 0 Å². The smallest absolute Gasteiger partial charge is 0.0725 e. The number of fused-ring (bicyclic) bond motifs is 13. The van der Waals surface area contributed by atoms with Crippen LogP contribution in [-0.2, 0) is 10.8 Å². The van der Waals surface area contributed by atoms with Crippen LogP contribution in [0.1, 0.15) is 47.2 Å². The summed E-state index contributed by atoms with van der Waals surface area (Å²) in [4.78, 5) is 4.87. The Kier molecular flexibility index (Phi) is 8.51. The largest absolute Gasteiger partial charge is 0.310 e. The van der Waals surface area contributed by atoms with Gasteiger partial charge in [0.05, 0.1) is 11.1 Å². The van der Waals surface area contributed by atoms with E-state index in [2.05, 4.69) is 266 Å². The van der Waals surface area contributed by atoms with E-state index in [1.54, 1.807) is 0 Å². The molecule has 3 aliphatic carbocycles. The summed E-state index contributed by atoms with van der Waals surface area (Å²) in [5.74, 6) is 0. The SMILES string of the molecule is CC1(C)c2ccccc2-c2ccc(N(c3ccc4c(c3)-c3ccccc3C43c4ccccc4-c4cc(N(c5ccccc5)c5ccccc5)ccc43)c3ccccc3-c3ccccc3)cc21. The summed E-state index contributed by atoms with van der Waals surface area (Å²) < 4.78 is 0. The number of para-hydroxylation sites is 3. The van der Waals surface area contributed by atoms with E-state index in [-0.39, 0.29) is 5.41 Å². The first kappa shape index (κ1) is 38.3. The topological polar surface area (TPSA) is 6.48 Å². The molecule has 0 N–H and O–H groups in total. The van der Waals surface area contributed by atoms with Crippen molar-refractivity contribution < 1.29 is 0 Å². The molecule has 0 amide bonds. The Morgan fingerprint density at radius 3 is 1.23 bits per heavy atom.